The molecule has 5 heteroatoms. The number of alkyl halides is 2. The third-order valence-electron chi connectivity index (χ3n) is 1.74. The van der Waals surface area contributed by atoms with E-state index in [1.165, 1.54) is 18.2 Å². The zero-order valence-electron chi connectivity index (χ0n) is 6.55. The molecule has 2 N–H and O–H groups in total. The molecule has 0 aromatic heterocycles. The van der Waals surface area contributed by atoms with Gasteiger partial charge < -0.3 is 9.84 Å². The van der Waals surface area contributed by atoms with Gasteiger partial charge in [-0.1, -0.05) is 6.07 Å². The summed E-state index contributed by atoms with van der Waals surface area (Å²) in [6.07, 6.45) is -3.34. The lowest BCUT2D eigenvalue weighted by atomic mass is 10.2. The summed E-state index contributed by atoms with van der Waals surface area (Å²) < 4.78 is 29.4. The molecule has 0 spiro atoms. The predicted molar refractivity (Wildman–Crippen MR) is 41.6 cm³/mol. The number of rotatable bonds is 1. The molecule has 0 atom stereocenters. The first-order chi connectivity index (χ1) is 6.11. The maximum atomic E-state index is 12.6. The van der Waals surface area contributed by atoms with Gasteiger partial charge in [0.25, 0.3) is 0 Å². The second-order valence-electron chi connectivity index (χ2n) is 2.73. The fourth-order valence-corrected chi connectivity index (χ4v) is 1.18. The molecule has 13 heavy (non-hydrogen) atoms. The van der Waals surface area contributed by atoms with E-state index in [9.17, 15) is 8.78 Å². The first-order valence-corrected chi connectivity index (χ1v) is 3.69. The van der Waals surface area contributed by atoms with Gasteiger partial charge in [0.1, 0.15) is 0 Å². The smallest absolute Gasteiger partial charge is 0.413 e. The standard InChI is InChI=1S/C8H7F2NO2/c9-8(10)11-6-3-5(4-12)1-2-7(6)13-8/h1-3,11-12H,4H2. The number of nitrogens with one attached hydrogen (secondary N) is 1. The van der Waals surface area contributed by atoms with Crippen molar-refractivity contribution in [2.75, 3.05) is 5.32 Å². The molecule has 1 aliphatic heterocycles. The third-order valence-corrected chi connectivity index (χ3v) is 1.74. The van der Waals surface area contributed by atoms with Crippen LogP contribution in [0.25, 0.3) is 0 Å². The Morgan fingerprint density at radius 1 is 1.46 bits per heavy atom. The van der Waals surface area contributed by atoms with Crippen molar-refractivity contribution < 1.29 is 18.6 Å². The first-order valence-electron chi connectivity index (χ1n) is 3.69. The Bertz CT molecular complexity index is 341. The minimum atomic E-state index is -3.34. The zero-order chi connectivity index (χ0) is 9.47. The highest BCUT2D eigenvalue weighted by atomic mass is 19.3. The van der Waals surface area contributed by atoms with Crippen LogP contribution in [0.3, 0.4) is 0 Å². The fraction of sp³-hybridized carbons (Fsp3) is 0.250. The van der Waals surface area contributed by atoms with Gasteiger partial charge in [0.05, 0.1) is 12.3 Å². The van der Waals surface area contributed by atoms with Crippen molar-refractivity contribution in [1.82, 2.24) is 0 Å². The van der Waals surface area contributed by atoms with E-state index in [0.29, 0.717) is 5.56 Å². The van der Waals surface area contributed by atoms with Gasteiger partial charge in [-0.2, -0.15) is 0 Å². The first kappa shape index (κ1) is 8.25. The van der Waals surface area contributed by atoms with E-state index in [4.69, 9.17) is 5.11 Å². The lowest BCUT2D eigenvalue weighted by molar-refractivity contribution is -0.138. The Kier molecular flexibility index (Phi) is 1.63. The highest BCUT2D eigenvalue weighted by Crippen LogP contribution is 2.38. The molecule has 0 saturated carbocycles. The van der Waals surface area contributed by atoms with Crippen LogP contribution in [-0.2, 0) is 6.61 Å². The Balaban J connectivity index is 2.36. The highest BCUT2D eigenvalue weighted by molar-refractivity contribution is 5.61. The van der Waals surface area contributed by atoms with Gasteiger partial charge in [-0.15, -0.1) is 8.78 Å². The molecule has 1 heterocycles. The van der Waals surface area contributed by atoms with Gasteiger partial charge in [-0.3, -0.25) is 5.32 Å². The van der Waals surface area contributed by atoms with Crippen molar-refractivity contribution in [2.45, 2.75) is 12.8 Å². The van der Waals surface area contributed by atoms with E-state index in [1.807, 2.05) is 5.32 Å². The molecule has 0 fully saturated rings. The Hall–Kier alpha value is -1.36. The summed E-state index contributed by atoms with van der Waals surface area (Å²) in [6.45, 7) is -0.180. The molecule has 0 amide bonds. The van der Waals surface area contributed by atoms with Crippen LogP contribution in [-0.4, -0.2) is 11.3 Å². The van der Waals surface area contributed by atoms with Crippen molar-refractivity contribution in [3.8, 4) is 5.75 Å². The van der Waals surface area contributed by atoms with Crippen LogP contribution in [0.2, 0.25) is 0 Å². The molecular weight excluding hydrogens is 180 g/mol. The van der Waals surface area contributed by atoms with Crippen molar-refractivity contribution in [3.05, 3.63) is 23.8 Å². The highest BCUT2D eigenvalue weighted by Gasteiger charge is 2.39. The van der Waals surface area contributed by atoms with Crippen LogP contribution in [0.4, 0.5) is 14.5 Å². The molecule has 0 bridgehead atoms. The maximum absolute atomic E-state index is 12.6. The Morgan fingerprint density at radius 2 is 2.23 bits per heavy atom. The van der Waals surface area contributed by atoms with Crippen LogP contribution in [0.15, 0.2) is 18.2 Å². The van der Waals surface area contributed by atoms with E-state index < -0.39 is 6.23 Å². The van der Waals surface area contributed by atoms with Crippen LogP contribution >= 0.6 is 0 Å². The van der Waals surface area contributed by atoms with E-state index in [2.05, 4.69) is 4.74 Å². The number of anilines is 1. The minimum absolute atomic E-state index is 0.0993. The van der Waals surface area contributed by atoms with Crippen LogP contribution in [0.1, 0.15) is 5.56 Å². The third kappa shape index (κ3) is 1.42. The molecule has 1 aliphatic rings. The van der Waals surface area contributed by atoms with Crippen molar-refractivity contribution >= 4 is 5.69 Å². The normalized spacial score (nSPS) is 17.5. The second kappa shape index (κ2) is 2.56. The summed E-state index contributed by atoms with van der Waals surface area (Å²) in [4.78, 5) is 0. The summed E-state index contributed by atoms with van der Waals surface area (Å²) in [7, 11) is 0. The van der Waals surface area contributed by atoms with Gasteiger partial charge >= 0.3 is 6.23 Å². The summed E-state index contributed by atoms with van der Waals surface area (Å²) >= 11 is 0. The molecule has 0 unspecified atom stereocenters. The minimum Gasteiger partial charge on any atom is -0.413 e. The van der Waals surface area contributed by atoms with Crippen LogP contribution in [0.5, 0.6) is 5.75 Å². The maximum Gasteiger partial charge on any atom is 0.494 e. The largest absolute Gasteiger partial charge is 0.494 e. The SMILES string of the molecule is OCc1ccc2c(c1)NC(F)(F)O2. The average molecular weight is 187 g/mol. The van der Waals surface area contributed by atoms with E-state index in [-0.39, 0.29) is 18.0 Å². The fourth-order valence-electron chi connectivity index (χ4n) is 1.18. The molecule has 1 aromatic rings. The molecule has 1 aromatic carbocycles. The molecule has 70 valence electrons. The Labute approximate surface area is 72.9 Å². The van der Waals surface area contributed by atoms with Gasteiger partial charge in [0.15, 0.2) is 5.75 Å². The average Bonchev–Trinajstić information content (AvgIpc) is 2.36. The number of halogens is 2. The molecule has 2 rings (SSSR count). The number of benzene rings is 1. The van der Waals surface area contributed by atoms with Crippen molar-refractivity contribution in [1.29, 1.82) is 0 Å². The van der Waals surface area contributed by atoms with E-state index in [0.717, 1.165) is 0 Å². The molecule has 0 radical (unpaired) electrons. The van der Waals surface area contributed by atoms with Crippen LogP contribution in [0, 0.1) is 0 Å². The summed E-state index contributed by atoms with van der Waals surface area (Å²) in [5.74, 6) is 0.0993. The number of fused-ring (bicyclic) bond motifs is 1. The van der Waals surface area contributed by atoms with Gasteiger partial charge in [-0.25, -0.2) is 0 Å². The lowest BCUT2D eigenvalue weighted by Crippen LogP contribution is -2.28. The molecular formula is C8H7F2NO2. The lowest BCUT2D eigenvalue weighted by Gasteiger charge is -2.06. The topological polar surface area (TPSA) is 41.5 Å². The molecule has 0 aliphatic carbocycles. The monoisotopic (exact) mass is 187 g/mol. The molecule has 3 nitrogen and oxygen atoms in total. The van der Waals surface area contributed by atoms with Crippen molar-refractivity contribution in [2.24, 2.45) is 0 Å². The quantitative estimate of drug-likeness (QED) is 0.655. The molecule has 0 saturated heterocycles. The second-order valence-corrected chi connectivity index (χ2v) is 2.73. The summed E-state index contributed by atoms with van der Waals surface area (Å²) in [6, 6.07) is 4.35. The number of ether oxygens (including phenoxy) is 1. The van der Waals surface area contributed by atoms with E-state index in [1.54, 1.807) is 0 Å². The van der Waals surface area contributed by atoms with Gasteiger partial charge in [0.2, 0.25) is 0 Å². The summed E-state index contributed by atoms with van der Waals surface area (Å²) in [5, 5.41) is 10.6. The summed E-state index contributed by atoms with van der Waals surface area (Å²) in [5.41, 5.74) is 0.768. The number of aliphatic hydroxyl groups excluding tert-OH is 1. The van der Waals surface area contributed by atoms with E-state index >= 15 is 0 Å². The van der Waals surface area contributed by atoms with Crippen molar-refractivity contribution in [3.63, 3.8) is 0 Å². The van der Waals surface area contributed by atoms with Gasteiger partial charge in [-0.05, 0) is 17.7 Å². The van der Waals surface area contributed by atoms with Crippen LogP contribution < -0.4 is 10.1 Å². The number of hydrogen-bond donors (Lipinski definition) is 2. The van der Waals surface area contributed by atoms with Gasteiger partial charge in [0, 0.05) is 0 Å². The number of hydrogen-bond acceptors (Lipinski definition) is 3. The zero-order valence-corrected chi connectivity index (χ0v) is 6.55. The Morgan fingerprint density at radius 3 is 2.92 bits per heavy atom. The predicted octanol–water partition coefficient (Wildman–Crippen LogP) is 1.53. The number of aliphatic hydroxyl groups is 1.